The van der Waals surface area contributed by atoms with Crippen LogP contribution in [-0.2, 0) is 16.0 Å². The van der Waals surface area contributed by atoms with Crippen molar-refractivity contribution in [3.63, 3.8) is 0 Å². The van der Waals surface area contributed by atoms with Gasteiger partial charge in [0.1, 0.15) is 0 Å². The van der Waals surface area contributed by atoms with Crippen LogP contribution < -0.4 is 5.32 Å². The average Bonchev–Trinajstić information content (AvgIpc) is 2.53. The fraction of sp³-hybridized carbons (Fsp3) is 0.529. The fourth-order valence-corrected chi connectivity index (χ4v) is 2.83. The van der Waals surface area contributed by atoms with Gasteiger partial charge in [-0.05, 0) is 37.3 Å². The summed E-state index contributed by atoms with van der Waals surface area (Å²) in [7, 11) is 0. The lowest BCUT2D eigenvalue weighted by molar-refractivity contribution is -0.174. The molecule has 0 bridgehead atoms. The molecule has 1 heterocycles. The minimum absolute atomic E-state index is 0.00106. The second kappa shape index (κ2) is 7.68. The van der Waals surface area contributed by atoms with E-state index in [4.69, 9.17) is 0 Å². The monoisotopic (exact) mass is 342 g/mol. The summed E-state index contributed by atoms with van der Waals surface area (Å²) in [5.41, 5.74) is 2.26. The average molecular weight is 342 g/mol. The second-order valence-electron chi connectivity index (χ2n) is 6.05. The Bertz CT molecular complexity index is 594. The van der Waals surface area contributed by atoms with Gasteiger partial charge in [0.05, 0.1) is 0 Å². The third kappa shape index (κ3) is 4.97. The predicted molar refractivity (Wildman–Crippen MR) is 83.3 cm³/mol. The molecule has 2 rings (SSSR count). The molecule has 7 heteroatoms. The van der Waals surface area contributed by atoms with E-state index in [1.165, 1.54) is 0 Å². The first kappa shape index (κ1) is 18.3. The molecule has 2 amide bonds. The van der Waals surface area contributed by atoms with Crippen LogP contribution in [-0.4, -0.2) is 42.0 Å². The van der Waals surface area contributed by atoms with Crippen molar-refractivity contribution in [2.45, 2.75) is 44.8 Å². The van der Waals surface area contributed by atoms with Crippen LogP contribution in [0.1, 0.15) is 30.4 Å². The van der Waals surface area contributed by atoms with Crippen molar-refractivity contribution in [3.05, 3.63) is 35.4 Å². The predicted octanol–water partition coefficient (Wildman–Crippen LogP) is 2.60. The minimum atomic E-state index is -4.86. The molecule has 0 aliphatic carbocycles. The molecule has 1 aliphatic rings. The topological polar surface area (TPSA) is 49.4 Å². The number of benzene rings is 1. The van der Waals surface area contributed by atoms with E-state index in [2.05, 4.69) is 0 Å². The van der Waals surface area contributed by atoms with Gasteiger partial charge in [-0.2, -0.15) is 13.2 Å². The molecule has 0 atom stereocenters. The first-order valence-corrected chi connectivity index (χ1v) is 7.97. The molecule has 1 aliphatic heterocycles. The van der Waals surface area contributed by atoms with Gasteiger partial charge in [0.2, 0.25) is 5.91 Å². The molecule has 1 aromatic carbocycles. The van der Waals surface area contributed by atoms with E-state index < -0.39 is 18.1 Å². The van der Waals surface area contributed by atoms with Crippen LogP contribution in [0.15, 0.2) is 24.3 Å². The van der Waals surface area contributed by atoms with E-state index in [1.54, 1.807) is 4.90 Å². The van der Waals surface area contributed by atoms with E-state index in [9.17, 15) is 22.8 Å². The Labute approximate surface area is 139 Å². The smallest absolute Gasteiger partial charge is 0.345 e. The molecule has 1 fully saturated rings. The highest BCUT2D eigenvalue weighted by molar-refractivity contribution is 5.82. The van der Waals surface area contributed by atoms with E-state index in [-0.39, 0.29) is 5.91 Å². The number of halogens is 3. The molecule has 1 N–H and O–H groups in total. The van der Waals surface area contributed by atoms with Gasteiger partial charge >= 0.3 is 12.1 Å². The summed E-state index contributed by atoms with van der Waals surface area (Å²) in [5, 5.41) is 1.98. The molecular weight excluding hydrogens is 321 g/mol. The summed E-state index contributed by atoms with van der Waals surface area (Å²) < 4.78 is 36.7. The first-order valence-electron chi connectivity index (χ1n) is 7.97. The van der Waals surface area contributed by atoms with Gasteiger partial charge in [-0.25, -0.2) is 0 Å². The van der Waals surface area contributed by atoms with Crippen molar-refractivity contribution in [1.82, 2.24) is 10.2 Å². The lowest BCUT2D eigenvalue weighted by Crippen LogP contribution is -2.49. The van der Waals surface area contributed by atoms with Crippen molar-refractivity contribution >= 4 is 11.8 Å². The Hall–Kier alpha value is -2.05. The summed E-state index contributed by atoms with van der Waals surface area (Å²) in [6.07, 6.45) is -3.14. The molecular formula is C17H21F3N2O2. The highest BCUT2D eigenvalue weighted by atomic mass is 19.4. The number of amides is 2. The summed E-state index contributed by atoms with van der Waals surface area (Å²) in [5.74, 6) is -1.91. The Morgan fingerprint density at radius 2 is 1.83 bits per heavy atom. The Balaban J connectivity index is 1.77. The van der Waals surface area contributed by atoms with Crippen molar-refractivity contribution in [2.75, 3.05) is 13.1 Å². The summed E-state index contributed by atoms with van der Waals surface area (Å²) in [6, 6.07) is 7.33. The van der Waals surface area contributed by atoms with Gasteiger partial charge in [0.25, 0.3) is 0 Å². The number of hydrogen-bond acceptors (Lipinski definition) is 2. The van der Waals surface area contributed by atoms with Crippen LogP contribution in [0.2, 0.25) is 0 Å². The number of hydrogen-bond donors (Lipinski definition) is 1. The number of alkyl halides is 3. The van der Waals surface area contributed by atoms with Crippen LogP contribution in [0.4, 0.5) is 13.2 Å². The molecule has 24 heavy (non-hydrogen) atoms. The number of likely N-dealkylation sites (tertiary alicyclic amines) is 1. The standard InChI is InChI=1S/C17H21F3N2O2/c1-12-4-2-3-5-13(12)6-7-15(23)22-10-8-14(9-11-22)21-16(24)17(18,19)20/h2-5,14H,6-11H2,1H3,(H,21,24). The van der Waals surface area contributed by atoms with E-state index in [0.717, 1.165) is 11.1 Å². The summed E-state index contributed by atoms with van der Waals surface area (Å²) in [6.45, 7) is 2.74. The number of carbonyl (C=O) groups excluding carboxylic acids is 2. The van der Waals surface area contributed by atoms with Gasteiger partial charge in [-0.15, -0.1) is 0 Å². The summed E-state index contributed by atoms with van der Waals surface area (Å²) in [4.78, 5) is 24.8. The molecule has 0 aromatic heterocycles. The summed E-state index contributed by atoms with van der Waals surface area (Å²) >= 11 is 0. The molecule has 4 nitrogen and oxygen atoms in total. The Kier molecular flexibility index (Phi) is 5.85. The number of nitrogens with one attached hydrogen (secondary N) is 1. The maximum atomic E-state index is 12.2. The van der Waals surface area contributed by atoms with Crippen molar-refractivity contribution in [1.29, 1.82) is 0 Å². The van der Waals surface area contributed by atoms with Crippen molar-refractivity contribution in [3.8, 4) is 0 Å². The molecule has 1 aromatic rings. The zero-order valence-corrected chi connectivity index (χ0v) is 13.5. The van der Waals surface area contributed by atoms with Crippen LogP contribution in [0.25, 0.3) is 0 Å². The molecule has 1 saturated heterocycles. The number of aryl methyl sites for hydroxylation is 2. The van der Waals surface area contributed by atoms with Crippen LogP contribution in [0.3, 0.4) is 0 Å². The number of piperidine rings is 1. The SMILES string of the molecule is Cc1ccccc1CCC(=O)N1CCC(NC(=O)C(F)(F)F)CC1. The van der Waals surface area contributed by atoms with Crippen LogP contribution in [0.5, 0.6) is 0 Å². The lowest BCUT2D eigenvalue weighted by Gasteiger charge is -2.32. The quantitative estimate of drug-likeness (QED) is 0.914. The van der Waals surface area contributed by atoms with Crippen LogP contribution in [0, 0.1) is 6.92 Å². The maximum absolute atomic E-state index is 12.2. The number of rotatable bonds is 4. The first-order chi connectivity index (χ1) is 11.3. The lowest BCUT2D eigenvalue weighted by atomic mass is 10.0. The zero-order valence-electron chi connectivity index (χ0n) is 13.5. The molecule has 0 radical (unpaired) electrons. The Morgan fingerprint density at radius 3 is 2.42 bits per heavy atom. The van der Waals surface area contributed by atoms with E-state index >= 15 is 0 Å². The molecule has 0 spiro atoms. The molecule has 0 saturated carbocycles. The number of carbonyl (C=O) groups is 2. The molecule has 132 valence electrons. The van der Waals surface area contributed by atoms with Crippen molar-refractivity contribution in [2.24, 2.45) is 0 Å². The third-order valence-corrected chi connectivity index (χ3v) is 4.31. The maximum Gasteiger partial charge on any atom is 0.471 e. The zero-order chi connectivity index (χ0) is 17.7. The van der Waals surface area contributed by atoms with Crippen LogP contribution >= 0.6 is 0 Å². The molecule has 0 unspecified atom stereocenters. The van der Waals surface area contributed by atoms with Crippen molar-refractivity contribution < 1.29 is 22.8 Å². The fourth-order valence-electron chi connectivity index (χ4n) is 2.83. The normalized spacial score (nSPS) is 16.1. The largest absolute Gasteiger partial charge is 0.471 e. The second-order valence-corrected chi connectivity index (χ2v) is 6.05. The Morgan fingerprint density at radius 1 is 1.21 bits per heavy atom. The number of nitrogens with zero attached hydrogens (tertiary/aromatic N) is 1. The van der Waals surface area contributed by atoms with Gasteiger partial charge in [-0.3, -0.25) is 9.59 Å². The highest BCUT2D eigenvalue weighted by Crippen LogP contribution is 2.18. The third-order valence-electron chi connectivity index (χ3n) is 4.31. The van der Waals surface area contributed by atoms with Gasteiger partial charge in [0.15, 0.2) is 0 Å². The van der Waals surface area contributed by atoms with Gasteiger partial charge in [-0.1, -0.05) is 24.3 Å². The van der Waals surface area contributed by atoms with Gasteiger partial charge in [0, 0.05) is 25.6 Å². The highest BCUT2D eigenvalue weighted by Gasteiger charge is 2.40. The minimum Gasteiger partial charge on any atom is -0.345 e. The van der Waals surface area contributed by atoms with Gasteiger partial charge < -0.3 is 10.2 Å². The van der Waals surface area contributed by atoms with E-state index in [0.29, 0.717) is 38.8 Å². The van der Waals surface area contributed by atoms with E-state index in [1.807, 2.05) is 36.5 Å².